The molecule has 1 saturated carbocycles. The van der Waals surface area contributed by atoms with E-state index in [0.29, 0.717) is 17.8 Å². The summed E-state index contributed by atoms with van der Waals surface area (Å²) >= 11 is 0. The molecule has 26 heavy (non-hydrogen) atoms. The van der Waals surface area contributed by atoms with Crippen LogP contribution in [0.2, 0.25) is 0 Å². The summed E-state index contributed by atoms with van der Waals surface area (Å²) in [5.41, 5.74) is 5.23. The topological polar surface area (TPSA) is 56.7 Å². The van der Waals surface area contributed by atoms with Gasteiger partial charge in [-0.1, -0.05) is 35.7 Å². The molecule has 2 aromatic heterocycles. The SMILES string of the molecule is Cc1ccc(-c2nc(-c3ccc4c(c3)ncn4C3CCCC3)no2)cc1. The molecule has 1 aliphatic rings. The Bertz CT molecular complexity index is 1060. The van der Waals surface area contributed by atoms with Gasteiger partial charge in [0.1, 0.15) is 0 Å². The second-order valence-corrected chi connectivity index (χ2v) is 7.08. The number of rotatable bonds is 3. The first-order valence-corrected chi connectivity index (χ1v) is 9.16. The van der Waals surface area contributed by atoms with Crippen LogP contribution in [0.1, 0.15) is 37.3 Å². The minimum atomic E-state index is 0.539. The molecule has 5 nitrogen and oxygen atoms in total. The highest BCUT2D eigenvalue weighted by Gasteiger charge is 2.19. The highest BCUT2D eigenvalue weighted by molar-refractivity contribution is 5.81. The van der Waals surface area contributed by atoms with Gasteiger partial charge >= 0.3 is 0 Å². The minimum Gasteiger partial charge on any atom is -0.334 e. The fraction of sp³-hybridized carbons (Fsp3) is 0.286. The van der Waals surface area contributed by atoms with Gasteiger partial charge < -0.3 is 9.09 Å². The van der Waals surface area contributed by atoms with E-state index >= 15 is 0 Å². The molecule has 0 bridgehead atoms. The molecule has 0 unspecified atom stereocenters. The third-order valence-corrected chi connectivity index (χ3v) is 5.28. The minimum absolute atomic E-state index is 0.539. The van der Waals surface area contributed by atoms with Crippen molar-refractivity contribution >= 4 is 11.0 Å². The molecule has 1 fully saturated rings. The van der Waals surface area contributed by atoms with E-state index in [4.69, 9.17) is 4.52 Å². The summed E-state index contributed by atoms with van der Waals surface area (Å²) in [6, 6.07) is 14.9. The maximum atomic E-state index is 5.46. The van der Waals surface area contributed by atoms with Crippen molar-refractivity contribution in [1.82, 2.24) is 19.7 Å². The van der Waals surface area contributed by atoms with Gasteiger partial charge in [-0.3, -0.25) is 0 Å². The number of hydrogen-bond donors (Lipinski definition) is 0. The molecule has 0 aliphatic heterocycles. The first-order chi connectivity index (χ1) is 12.8. The normalized spacial score (nSPS) is 15.1. The summed E-state index contributed by atoms with van der Waals surface area (Å²) in [7, 11) is 0. The lowest BCUT2D eigenvalue weighted by molar-refractivity contribution is 0.432. The zero-order valence-corrected chi connectivity index (χ0v) is 14.7. The molecular formula is C21H20N4O. The Morgan fingerprint density at radius 3 is 2.58 bits per heavy atom. The lowest BCUT2D eigenvalue weighted by Crippen LogP contribution is -2.02. The van der Waals surface area contributed by atoms with Crippen LogP contribution < -0.4 is 0 Å². The van der Waals surface area contributed by atoms with Gasteiger partial charge in [0.2, 0.25) is 5.82 Å². The Balaban J connectivity index is 1.48. The highest BCUT2D eigenvalue weighted by atomic mass is 16.5. The number of nitrogens with zero attached hydrogens (tertiary/aromatic N) is 4. The molecule has 130 valence electrons. The van der Waals surface area contributed by atoms with E-state index in [1.165, 1.54) is 36.8 Å². The molecule has 5 rings (SSSR count). The standard InChI is InChI=1S/C21H20N4O/c1-14-6-8-15(9-7-14)21-23-20(24-26-21)16-10-11-19-18(12-16)22-13-25(19)17-4-2-3-5-17/h6-13,17H,2-5H2,1H3. The summed E-state index contributed by atoms with van der Waals surface area (Å²) in [6.45, 7) is 2.06. The molecule has 2 heterocycles. The Morgan fingerprint density at radius 2 is 1.77 bits per heavy atom. The molecule has 0 atom stereocenters. The second-order valence-electron chi connectivity index (χ2n) is 7.08. The van der Waals surface area contributed by atoms with E-state index in [0.717, 1.165) is 16.6 Å². The van der Waals surface area contributed by atoms with Crippen LogP contribution in [0.15, 0.2) is 53.3 Å². The predicted molar refractivity (Wildman–Crippen MR) is 101 cm³/mol. The maximum absolute atomic E-state index is 5.46. The summed E-state index contributed by atoms with van der Waals surface area (Å²) in [6.07, 6.45) is 7.09. The molecule has 0 radical (unpaired) electrons. The van der Waals surface area contributed by atoms with Crippen molar-refractivity contribution in [2.75, 3.05) is 0 Å². The number of benzene rings is 2. The Labute approximate surface area is 151 Å². The van der Waals surface area contributed by atoms with Crippen molar-refractivity contribution in [1.29, 1.82) is 0 Å². The first kappa shape index (κ1) is 15.3. The van der Waals surface area contributed by atoms with Gasteiger partial charge in [0.25, 0.3) is 5.89 Å². The quantitative estimate of drug-likeness (QED) is 0.514. The Hall–Kier alpha value is -2.95. The van der Waals surface area contributed by atoms with Crippen LogP contribution in [0.4, 0.5) is 0 Å². The number of hydrogen-bond acceptors (Lipinski definition) is 4. The molecule has 0 N–H and O–H groups in total. The van der Waals surface area contributed by atoms with Gasteiger partial charge in [-0.15, -0.1) is 0 Å². The van der Waals surface area contributed by atoms with E-state index in [2.05, 4.69) is 38.7 Å². The first-order valence-electron chi connectivity index (χ1n) is 9.16. The second kappa shape index (κ2) is 6.09. The smallest absolute Gasteiger partial charge is 0.258 e. The Morgan fingerprint density at radius 1 is 1.00 bits per heavy atom. The third kappa shape index (κ3) is 2.60. The van der Waals surface area contributed by atoms with Crippen LogP contribution in [0.5, 0.6) is 0 Å². The van der Waals surface area contributed by atoms with E-state index in [1.54, 1.807) is 0 Å². The lowest BCUT2D eigenvalue weighted by atomic mass is 10.1. The molecule has 0 spiro atoms. The van der Waals surface area contributed by atoms with E-state index < -0.39 is 0 Å². The van der Waals surface area contributed by atoms with Crippen LogP contribution >= 0.6 is 0 Å². The van der Waals surface area contributed by atoms with Crippen LogP contribution in [-0.4, -0.2) is 19.7 Å². The fourth-order valence-corrected chi connectivity index (χ4v) is 3.80. The zero-order valence-electron chi connectivity index (χ0n) is 14.7. The largest absolute Gasteiger partial charge is 0.334 e. The van der Waals surface area contributed by atoms with Gasteiger partial charge in [0.15, 0.2) is 0 Å². The zero-order chi connectivity index (χ0) is 17.5. The van der Waals surface area contributed by atoms with Crippen molar-refractivity contribution in [2.24, 2.45) is 0 Å². The van der Waals surface area contributed by atoms with Crippen molar-refractivity contribution in [3.8, 4) is 22.8 Å². The molecule has 4 aromatic rings. The number of imidazole rings is 1. The van der Waals surface area contributed by atoms with E-state index in [9.17, 15) is 0 Å². The monoisotopic (exact) mass is 344 g/mol. The summed E-state index contributed by atoms with van der Waals surface area (Å²) in [5, 5.41) is 4.16. The molecule has 2 aromatic carbocycles. The van der Waals surface area contributed by atoms with Gasteiger partial charge in [0.05, 0.1) is 17.4 Å². The van der Waals surface area contributed by atoms with Gasteiger partial charge in [-0.2, -0.15) is 4.98 Å². The summed E-state index contributed by atoms with van der Waals surface area (Å²) in [5.74, 6) is 1.13. The number of aryl methyl sites for hydroxylation is 1. The molecule has 1 aliphatic carbocycles. The van der Waals surface area contributed by atoms with Crippen LogP contribution in [0, 0.1) is 6.92 Å². The maximum Gasteiger partial charge on any atom is 0.258 e. The van der Waals surface area contributed by atoms with Crippen molar-refractivity contribution in [3.05, 3.63) is 54.4 Å². The third-order valence-electron chi connectivity index (χ3n) is 5.28. The molecular weight excluding hydrogens is 324 g/mol. The van der Waals surface area contributed by atoms with Crippen molar-refractivity contribution < 1.29 is 4.52 Å². The molecule has 0 amide bonds. The van der Waals surface area contributed by atoms with Crippen molar-refractivity contribution in [3.63, 3.8) is 0 Å². The van der Waals surface area contributed by atoms with Crippen LogP contribution in [0.25, 0.3) is 33.9 Å². The summed E-state index contributed by atoms with van der Waals surface area (Å²) < 4.78 is 7.78. The van der Waals surface area contributed by atoms with Gasteiger partial charge in [-0.25, -0.2) is 4.98 Å². The van der Waals surface area contributed by atoms with Crippen molar-refractivity contribution in [2.45, 2.75) is 38.6 Å². The average Bonchev–Trinajstić information content (AvgIpc) is 3.41. The predicted octanol–water partition coefficient (Wildman–Crippen LogP) is 5.18. The van der Waals surface area contributed by atoms with Crippen LogP contribution in [-0.2, 0) is 0 Å². The molecule has 5 heteroatoms. The molecule has 0 saturated heterocycles. The number of aromatic nitrogens is 4. The average molecular weight is 344 g/mol. The number of fused-ring (bicyclic) bond motifs is 1. The van der Waals surface area contributed by atoms with Gasteiger partial charge in [-0.05, 0) is 50.1 Å². The van der Waals surface area contributed by atoms with E-state index in [-0.39, 0.29) is 0 Å². The highest BCUT2D eigenvalue weighted by Crippen LogP contribution is 2.33. The summed E-state index contributed by atoms with van der Waals surface area (Å²) in [4.78, 5) is 9.16. The Kier molecular flexibility index (Phi) is 3.59. The van der Waals surface area contributed by atoms with Crippen LogP contribution in [0.3, 0.4) is 0 Å². The van der Waals surface area contributed by atoms with Gasteiger partial charge in [0, 0.05) is 17.2 Å². The fourth-order valence-electron chi connectivity index (χ4n) is 3.80. The van der Waals surface area contributed by atoms with E-state index in [1.807, 2.05) is 36.7 Å². The lowest BCUT2D eigenvalue weighted by Gasteiger charge is -2.11.